The Kier molecular flexibility index (Phi) is 3.83. The maximum atomic E-state index is 6.05. The number of para-hydroxylation sites is 1. The van der Waals surface area contributed by atoms with Crippen LogP contribution in [0, 0.1) is 5.92 Å². The van der Waals surface area contributed by atoms with E-state index in [-0.39, 0.29) is 0 Å². The number of fused-ring (bicyclic) bond motifs is 1. The van der Waals surface area contributed by atoms with Crippen LogP contribution in [0.4, 0.5) is 5.82 Å². The highest BCUT2D eigenvalue weighted by atomic mass is 15.2. The molecule has 106 valence electrons. The van der Waals surface area contributed by atoms with Gasteiger partial charge in [0, 0.05) is 11.9 Å². The van der Waals surface area contributed by atoms with E-state index in [0.717, 1.165) is 42.3 Å². The molecule has 1 atom stereocenters. The van der Waals surface area contributed by atoms with E-state index in [1.54, 1.807) is 0 Å². The molecule has 0 radical (unpaired) electrons. The first-order valence-corrected chi connectivity index (χ1v) is 7.49. The summed E-state index contributed by atoms with van der Waals surface area (Å²) >= 11 is 0. The fourth-order valence-corrected chi connectivity index (χ4v) is 3.05. The van der Waals surface area contributed by atoms with Crippen LogP contribution in [0.15, 0.2) is 24.3 Å². The van der Waals surface area contributed by atoms with Gasteiger partial charge in [-0.3, -0.25) is 4.90 Å². The Hall–Kier alpha value is -1.68. The van der Waals surface area contributed by atoms with Gasteiger partial charge in [0.15, 0.2) is 0 Å². The summed E-state index contributed by atoms with van der Waals surface area (Å²) in [5.74, 6) is 2.26. The third-order valence-electron chi connectivity index (χ3n) is 4.22. The molecule has 1 aromatic carbocycles. The van der Waals surface area contributed by atoms with Gasteiger partial charge in [0.1, 0.15) is 11.6 Å². The molecule has 2 heterocycles. The molecule has 0 amide bonds. The lowest BCUT2D eigenvalue weighted by atomic mass is 9.96. The number of aromatic nitrogens is 2. The van der Waals surface area contributed by atoms with Gasteiger partial charge in [-0.2, -0.15) is 0 Å². The fraction of sp³-hybridized carbons (Fsp3) is 0.500. The van der Waals surface area contributed by atoms with E-state index in [9.17, 15) is 0 Å². The summed E-state index contributed by atoms with van der Waals surface area (Å²) in [6.45, 7) is 5.39. The van der Waals surface area contributed by atoms with Crippen molar-refractivity contribution in [1.29, 1.82) is 0 Å². The van der Waals surface area contributed by atoms with Gasteiger partial charge in [-0.05, 0) is 37.4 Å². The van der Waals surface area contributed by atoms with Crippen LogP contribution in [0.2, 0.25) is 0 Å². The van der Waals surface area contributed by atoms with Gasteiger partial charge < -0.3 is 5.73 Å². The molecule has 2 N–H and O–H groups in total. The molecule has 1 saturated heterocycles. The molecule has 1 aliphatic heterocycles. The summed E-state index contributed by atoms with van der Waals surface area (Å²) in [6.07, 6.45) is 3.90. The summed E-state index contributed by atoms with van der Waals surface area (Å²) < 4.78 is 0. The second kappa shape index (κ2) is 5.75. The van der Waals surface area contributed by atoms with E-state index in [0.29, 0.717) is 5.82 Å². The Morgan fingerprint density at radius 3 is 3.00 bits per heavy atom. The van der Waals surface area contributed by atoms with E-state index in [1.165, 1.54) is 19.3 Å². The molecular weight excluding hydrogens is 248 g/mol. The topological polar surface area (TPSA) is 55.0 Å². The van der Waals surface area contributed by atoms with Crippen LogP contribution >= 0.6 is 0 Å². The van der Waals surface area contributed by atoms with E-state index in [4.69, 9.17) is 5.73 Å². The number of hydrogen-bond acceptors (Lipinski definition) is 4. The Balaban J connectivity index is 1.80. The van der Waals surface area contributed by atoms with Crippen LogP contribution < -0.4 is 5.73 Å². The summed E-state index contributed by atoms with van der Waals surface area (Å²) in [5.41, 5.74) is 6.99. The Morgan fingerprint density at radius 2 is 2.15 bits per heavy atom. The highest BCUT2D eigenvalue weighted by Gasteiger charge is 2.19. The molecule has 3 rings (SSSR count). The lowest BCUT2D eigenvalue weighted by Crippen LogP contribution is -2.35. The van der Waals surface area contributed by atoms with Crippen LogP contribution in [-0.2, 0) is 6.54 Å². The van der Waals surface area contributed by atoms with Crippen molar-refractivity contribution in [2.24, 2.45) is 5.92 Å². The number of likely N-dealkylation sites (tertiary alicyclic amines) is 1. The average molecular weight is 270 g/mol. The molecule has 1 aliphatic rings. The van der Waals surface area contributed by atoms with Crippen LogP contribution in [0.3, 0.4) is 0 Å². The minimum atomic E-state index is 0.592. The molecule has 4 nitrogen and oxygen atoms in total. The zero-order chi connectivity index (χ0) is 13.9. The van der Waals surface area contributed by atoms with Crippen molar-refractivity contribution in [1.82, 2.24) is 14.9 Å². The maximum Gasteiger partial charge on any atom is 0.145 e. The molecule has 0 unspecified atom stereocenters. The number of nitrogen functional groups attached to an aromatic ring is 1. The maximum absolute atomic E-state index is 6.05. The molecule has 0 spiro atoms. The first-order valence-electron chi connectivity index (χ1n) is 7.49. The van der Waals surface area contributed by atoms with Gasteiger partial charge in [0.05, 0.1) is 12.1 Å². The SMILES string of the molecule is CC[C@H]1CCCN(Cc2nc(N)c3ccccc3n2)C1. The van der Waals surface area contributed by atoms with Crippen molar-refractivity contribution in [2.45, 2.75) is 32.7 Å². The molecule has 20 heavy (non-hydrogen) atoms. The van der Waals surface area contributed by atoms with Crippen molar-refractivity contribution < 1.29 is 0 Å². The Labute approximate surface area is 120 Å². The number of rotatable bonds is 3. The number of anilines is 1. The third kappa shape index (κ3) is 2.75. The number of hydrogen-bond donors (Lipinski definition) is 1. The largest absolute Gasteiger partial charge is 0.383 e. The molecule has 4 heteroatoms. The molecular formula is C16H22N4. The van der Waals surface area contributed by atoms with Crippen LogP contribution in [0.5, 0.6) is 0 Å². The van der Waals surface area contributed by atoms with Crippen molar-refractivity contribution >= 4 is 16.7 Å². The minimum absolute atomic E-state index is 0.592. The van der Waals surface area contributed by atoms with Crippen LogP contribution in [0.1, 0.15) is 32.0 Å². The van der Waals surface area contributed by atoms with E-state index in [1.807, 2.05) is 24.3 Å². The Bertz CT molecular complexity index is 596. The van der Waals surface area contributed by atoms with Gasteiger partial charge in [-0.1, -0.05) is 25.5 Å². The first-order chi connectivity index (χ1) is 9.76. The zero-order valence-electron chi connectivity index (χ0n) is 12.0. The van der Waals surface area contributed by atoms with Gasteiger partial charge in [0.25, 0.3) is 0 Å². The van der Waals surface area contributed by atoms with Crippen LogP contribution in [-0.4, -0.2) is 28.0 Å². The number of piperidine rings is 1. The van der Waals surface area contributed by atoms with Crippen molar-refractivity contribution in [3.8, 4) is 0 Å². The van der Waals surface area contributed by atoms with Gasteiger partial charge in [0.2, 0.25) is 0 Å². The molecule has 1 fully saturated rings. The smallest absolute Gasteiger partial charge is 0.145 e. The second-order valence-electron chi connectivity index (χ2n) is 5.69. The number of nitrogens with zero attached hydrogens (tertiary/aromatic N) is 3. The van der Waals surface area contributed by atoms with Gasteiger partial charge >= 0.3 is 0 Å². The fourth-order valence-electron chi connectivity index (χ4n) is 3.05. The first kappa shape index (κ1) is 13.3. The average Bonchev–Trinajstić information content (AvgIpc) is 2.47. The van der Waals surface area contributed by atoms with Gasteiger partial charge in [-0.25, -0.2) is 9.97 Å². The molecule has 0 aliphatic carbocycles. The lowest BCUT2D eigenvalue weighted by Gasteiger charge is -2.31. The molecule has 0 saturated carbocycles. The van der Waals surface area contributed by atoms with Crippen molar-refractivity contribution in [2.75, 3.05) is 18.8 Å². The predicted octanol–water partition coefficient (Wildman–Crippen LogP) is 2.83. The van der Waals surface area contributed by atoms with E-state index >= 15 is 0 Å². The second-order valence-corrected chi connectivity index (χ2v) is 5.69. The predicted molar refractivity (Wildman–Crippen MR) is 82.2 cm³/mol. The summed E-state index contributed by atoms with van der Waals surface area (Å²) in [7, 11) is 0. The minimum Gasteiger partial charge on any atom is -0.383 e. The quantitative estimate of drug-likeness (QED) is 0.931. The lowest BCUT2D eigenvalue weighted by molar-refractivity contribution is 0.161. The summed E-state index contributed by atoms with van der Waals surface area (Å²) in [4.78, 5) is 11.6. The molecule has 2 aromatic rings. The molecule has 1 aromatic heterocycles. The van der Waals surface area contributed by atoms with Crippen LogP contribution in [0.25, 0.3) is 10.9 Å². The number of nitrogens with two attached hydrogens (primary N) is 1. The van der Waals surface area contributed by atoms with E-state index in [2.05, 4.69) is 21.8 Å². The Morgan fingerprint density at radius 1 is 1.30 bits per heavy atom. The number of benzene rings is 1. The summed E-state index contributed by atoms with van der Waals surface area (Å²) in [5, 5.41) is 0.946. The van der Waals surface area contributed by atoms with Gasteiger partial charge in [-0.15, -0.1) is 0 Å². The van der Waals surface area contributed by atoms with Crippen molar-refractivity contribution in [3.05, 3.63) is 30.1 Å². The zero-order valence-corrected chi connectivity index (χ0v) is 12.0. The summed E-state index contributed by atoms with van der Waals surface area (Å²) in [6, 6.07) is 7.94. The highest BCUT2D eigenvalue weighted by molar-refractivity contribution is 5.87. The normalized spacial score (nSPS) is 20.4. The van der Waals surface area contributed by atoms with Crippen molar-refractivity contribution in [3.63, 3.8) is 0 Å². The van der Waals surface area contributed by atoms with E-state index < -0.39 is 0 Å². The highest BCUT2D eigenvalue weighted by Crippen LogP contribution is 2.22. The standard InChI is InChI=1S/C16H22N4/c1-2-12-6-5-9-20(10-12)11-15-18-14-8-4-3-7-13(14)16(17)19-15/h3-4,7-8,12H,2,5-6,9-11H2,1H3,(H2,17,18,19)/t12-/m0/s1. The monoisotopic (exact) mass is 270 g/mol. The third-order valence-corrected chi connectivity index (χ3v) is 4.22. The molecule has 0 bridgehead atoms.